The predicted octanol–water partition coefficient (Wildman–Crippen LogP) is 1.72. The van der Waals surface area contributed by atoms with Gasteiger partial charge in [0.1, 0.15) is 11.0 Å². The number of piperidine rings is 1. The van der Waals surface area contributed by atoms with Crippen LogP contribution in [0.1, 0.15) is 44.8 Å². The molecule has 1 amide bonds. The van der Waals surface area contributed by atoms with Crippen molar-refractivity contribution in [3.05, 3.63) is 11.9 Å². The fourth-order valence-electron chi connectivity index (χ4n) is 3.40. The van der Waals surface area contributed by atoms with Crippen molar-refractivity contribution in [1.82, 2.24) is 29.8 Å². The Balaban J connectivity index is 1.60. The van der Waals surface area contributed by atoms with Gasteiger partial charge in [-0.05, 0) is 53.8 Å². The predicted molar refractivity (Wildman–Crippen MR) is 93.9 cm³/mol. The molecule has 0 spiro atoms. The minimum Gasteiger partial charge on any atom is -0.353 e. The zero-order valence-corrected chi connectivity index (χ0v) is 15.1. The van der Waals surface area contributed by atoms with Gasteiger partial charge < -0.3 is 10.2 Å². The number of nitrogens with one attached hydrogen (secondary N) is 1. The van der Waals surface area contributed by atoms with Crippen LogP contribution in [-0.2, 0) is 11.3 Å². The molecule has 7 heteroatoms. The van der Waals surface area contributed by atoms with Gasteiger partial charge in [0.05, 0.1) is 18.4 Å². The van der Waals surface area contributed by atoms with Crippen molar-refractivity contribution in [3.8, 4) is 0 Å². The lowest BCUT2D eigenvalue weighted by Gasteiger charge is -2.29. The largest absolute Gasteiger partial charge is 0.353 e. The lowest BCUT2D eigenvalue weighted by atomic mass is 10.1. The third-order valence-electron chi connectivity index (χ3n) is 4.79. The highest BCUT2D eigenvalue weighted by Gasteiger charge is 2.19. The third-order valence-corrected chi connectivity index (χ3v) is 4.79. The second-order valence-corrected chi connectivity index (χ2v) is 7.12. The van der Waals surface area contributed by atoms with Crippen LogP contribution >= 0.6 is 0 Å². The summed E-state index contributed by atoms with van der Waals surface area (Å²) in [6, 6.07) is 0.614. The number of nitrogens with zero attached hydrogens (tertiary/aromatic N) is 5. The Labute approximate surface area is 143 Å². The number of carbonyl (C=O) groups is 1. The second-order valence-electron chi connectivity index (χ2n) is 7.12. The van der Waals surface area contributed by atoms with Gasteiger partial charge in [-0.25, -0.2) is 0 Å². The molecule has 3 heterocycles. The summed E-state index contributed by atoms with van der Waals surface area (Å²) in [5.74, 6) is 0.113. The van der Waals surface area contributed by atoms with Gasteiger partial charge in [-0.15, -0.1) is 0 Å². The summed E-state index contributed by atoms with van der Waals surface area (Å²) >= 11 is 0. The first-order valence-electron chi connectivity index (χ1n) is 8.84. The van der Waals surface area contributed by atoms with Crippen molar-refractivity contribution < 1.29 is 4.79 Å². The van der Waals surface area contributed by atoms with Gasteiger partial charge in [0, 0.05) is 18.5 Å². The van der Waals surface area contributed by atoms with E-state index in [9.17, 15) is 4.79 Å². The highest BCUT2D eigenvalue weighted by Crippen LogP contribution is 2.21. The molecular formula is C17H28N6O. The van der Waals surface area contributed by atoms with E-state index in [1.54, 1.807) is 0 Å². The van der Waals surface area contributed by atoms with Crippen LogP contribution in [0.15, 0.2) is 6.20 Å². The SMILES string of the molecule is Cc1nn(C(C)C)c2cnn(CCC(=O)NC3CCN(C)CC3)c12. The molecule has 132 valence electrons. The number of amides is 1. The topological polar surface area (TPSA) is 68.0 Å². The third kappa shape index (κ3) is 3.45. The van der Waals surface area contributed by atoms with Crippen molar-refractivity contribution in [1.29, 1.82) is 0 Å². The monoisotopic (exact) mass is 332 g/mol. The van der Waals surface area contributed by atoms with Crippen LogP contribution in [0.4, 0.5) is 0 Å². The molecule has 1 N–H and O–H groups in total. The molecule has 1 aliphatic rings. The van der Waals surface area contributed by atoms with E-state index in [1.165, 1.54) is 0 Å². The number of hydrogen-bond acceptors (Lipinski definition) is 4. The number of fused-ring (bicyclic) bond motifs is 1. The van der Waals surface area contributed by atoms with Crippen molar-refractivity contribution in [3.63, 3.8) is 0 Å². The summed E-state index contributed by atoms with van der Waals surface area (Å²) in [5, 5.41) is 12.2. The average Bonchev–Trinajstić information content (AvgIpc) is 3.09. The minimum absolute atomic E-state index is 0.113. The van der Waals surface area contributed by atoms with Crippen LogP contribution in [0.25, 0.3) is 11.0 Å². The molecule has 3 rings (SSSR count). The summed E-state index contributed by atoms with van der Waals surface area (Å²) < 4.78 is 3.90. The average molecular weight is 332 g/mol. The van der Waals surface area contributed by atoms with Crippen LogP contribution in [0.3, 0.4) is 0 Å². The van der Waals surface area contributed by atoms with E-state index in [-0.39, 0.29) is 5.91 Å². The van der Waals surface area contributed by atoms with E-state index >= 15 is 0 Å². The summed E-state index contributed by atoms with van der Waals surface area (Å²) in [7, 11) is 2.13. The lowest BCUT2D eigenvalue weighted by molar-refractivity contribution is -0.122. The van der Waals surface area contributed by atoms with Crippen LogP contribution < -0.4 is 5.32 Å². The Morgan fingerprint density at radius 2 is 2.08 bits per heavy atom. The standard InChI is InChI=1S/C17H28N6O/c1-12(2)23-15-11-18-22(17(15)13(3)20-23)10-7-16(24)19-14-5-8-21(4)9-6-14/h11-12,14H,5-10H2,1-4H3,(H,19,24). The Hall–Kier alpha value is -1.89. The maximum atomic E-state index is 12.2. The first-order valence-corrected chi connectivity index (χ1v) is 8.84. The van der Waals surface area contributed by atoms with E-state index in [1.807, 2.05) is 22.5 Å². The molecule has 0 radical (unpaired) electrons. The number of carbonyl (C=O) groups excluding carboxylic acids is 1. The number of hydrogen-bond donors (Lipinski definition) is 1. The Kier molecular flexibility index (Phi) is 4.89. The van der Waals surface area contributed by atoms with Crippen LogP contribution in [0.5, 0.6) is 0 Å². The molecule has 0 bridgehead atoms. The van der Waals surface area contributed by atoms with E-state index in [0.717, 1.165) is 42.7 Å². The van der Waals surface area contributed by atoms with Gasteiger partial charge in [-0.1, -0.05) is 0 Å². The van der Waals surface area contributed by atoms with E-state index in [2.05, 4.69) is 41.3 Å². The van der Waals surface area contributed by atoms with Gasteiger partial charge in [0.2, 0.25) is 5.91 Å². The van der Waals surface area contributed by atoms with E-state index < -0.39 is 0 Å². The highest BCUT2D eigenvalue weighted by molar-refractivity contribution is 5.79. The smallest absolute Gasteiger partial charge is 0.222 e. The summed E-state index contributed by atoms with van der Waals surface area (Å²) in [4.78, 5) is 14.5. The number of aromatic nitrogens is 4. The van der Waals surface area contributed by atoms with Crippen molar-refractivity contribution in [2.75, 3.05) is 20.1 Å². The first-order chi connectivity index (χ1) is 11.5. The van der Waals surface area contributed by atoms with Crippen LogP contribution in [0.2, 0.25) is 0 Å². The van der Waals surface area contributed by atoms with Gasteiger partial charge in [0.15, 0.2) is 0 Å². The summed E-state index contributed by atoms with van der Waals surface area (Å²) in [6.45, 7) is 8.91. The molecule has 1 aliphatic heterocycles. The van der Waals surface area contributed by atoms with Crippen molar-refractivity contribution in [2.45, 2.75) is 58.7 Å². The molecular weight excluding hydrogens is 304 g/mol. The van der Waals surface area contributed by atoms with Crippen LogP contribution in [-0.4, -0.2) is 56.5 Å². The van der Waals surface area contributed by atoms with Crippen molar-refractivity contribution in [2.24, 2.45) is 0 Å². The Morgan fingerprint density at radius 3 is 2.75 bits per heavy atom. The normalized spacial score (nSPS) is 17.0. The molecule has 24 heavy (non-hydrogen) atoms. The Morgan fingerprint density at radius 1 is 1.38 bits per heavy atom. The van der Waals surface area contributed by atoms with Gasteiger partial charge in [-0.3, -0.25) is 14.2 Å². The second kappa shape index (κ2) is 6.93. The molecule has 2 aromatic heterocycles. The zero-order valence-electron chi connectivity index (χ0n) is 15.1. The molecule has 7 nitrogen and oxygen atoms in total. The van der Waals surface area contributed by atoms with E-state index in [0.29, 0.717) is 25.0 Å². The maximum absolute atomic E-state index is 12.2. The molecule has 0 aliphatic carbocycles. The van der Waals surface area contributed by atoms with Gasteiger partial charge in [0.25, 0.3) is 0 Å². The highest BCUT2D eigenvalue weighted by atomic mass is 16.1. The zero-order chi connectivity index (χ0) is 17.3. The fraction of sp³-hybridized carbons (Fsp3) is 0.706. The molecule has 2 aromatic rings. The molecule has 0 unspecified atom stereocenters. The van der Waals surface area contributed by atoms with Crippen molar-refractivity contribution >= 4 is 16.9 Å². The number of aryl methyl sites for hydroxylation is 2. The quantitative estimate of drug-likeness (QED) is 0.905. The van der Waals surface area contributed by atoms with Gasteiger partial charge >= 0.3 is 0 Å². The summed E-state index contributed by atoms with van der Waals surface area (Å²) in [6.07, 6.45) is 4.38. The fourth-order valence-corrected chi connectivity index (χ4v) is 3.40. The van der Waals surface area contributed by atoms with Gasteiger partial charge in [-0.2, -0.15) is 10.2 Å². The minimum atomic E-state index is 0.113. The molecule has 1 fully saturated rings. The lowest BCUT2D eigenvalue weighted by Crippen LogP contribution is -2.43. The molecule has 0 atom stereocenters. The molecule has 0 saturated carbocycles. The number of rotatable bonds is 5. The van der Waals surface area contributed by atoms with Crippen LogP contribution in [0, 0.1) is 6.92 Å². The molecule has 1 saturated heterocycles. The molecule has 0 aromatic carbocycles. The number of likely N-dealkylation sites (tertiary alicyclic amines) is 1. The Bertz CT molecular complexity index is 708. The first kappa shape index (κ1) is 17.0. The maximum Gasteiger partial charge on any atom is 0.222 e. The van der Waals surface area contributed by atoms with E-state index in [4.69, 9.17) is 0 Å². The summed E-state index contributed by atoms with van der Waals surface area (Å²) in [5.41, 5.74) is 3.04.